The Morgan fingerprint density at radius 2 is 1.46 bits per heavy atom. The van der Waals surface area contributed by atoms with E-state index in [1.54, 1.807) is 30.3 Å². The molecule has 2 aromatic heterocycles. The van der Waals surface area contributed by atoms with E-state index in [1.807, 2.05) is 30.3 Å². The van der Waals surface area contributed by atoms with Gasteiger partial charge < -0.3 is 25.7 Å². The average molecular weight is 463 g/mol. The van der Waals surface area contributed by atoms with Crippen molar-refractivity contribution in [1.82, 2.24) is 9.97 Å². The lowest BCUT2D eigenvalue weighted by atomic mass is 10.1. The topological polar surface area (TPSA) is 151 Å². The standard InChI is InChI=1S/C26H17N5O4/c27-13-14-8-9-19(17(10-14)26(34)35)30-25(33)22-12-16-5-3-7-20(23(16)29-22)31-24(32)21-11-15-4-1-2-6-18(15)28-21/h1-12,28-29H,(H,30,33)(H,31,32)(H,34,35). The molecule has 0 bridgehead atoms. The molecular weight excluding hydrogens is 446 g/mol. The van der Waals surface area contributed by atoms with E-state index in [2.05, 4.69) is 20.6 Å². The normalized spacial score (nSPS) is 10.7. The molecule has 35 heavy (non-hydrogen) atoms. The number of rotatable bonds is 5. The zero-order valence-corrected chi connectivity index (χ0v) is 18.0. The van der Waals surface area contributed by atoms with Crippen LogP contribution in [0.3, 0.4) is 0 Å². The molecule has 170 valence electrons. The van der Waals surface area contributed by atoms with Crippen LogP contribution in [0, 0.1) is 11.3 Å². The summed E-state index contributed by atoms with van der Waals surface area (Å²) >= 11 is 0. The van der Waals surface area contributed by atoms with E-state index in [4.69, 9.17) is 5.26 Å². The van der Waals surface area contributed by atoms with Gasteiger partial charge in [-0.2, -0.15) is 5.26 Å². The van der Waals surface area contributed by atoms with Gasteiger partial charge >= 0.3 is 5.97 Å². The van der Waals surface area contributed by atoms with Crippen molar-refractivity contribution in [2.75, 3.05) is 10.6 Å². The molecule has 0 saturated heterocycles. The van der Waals surface area contributed by atoms with Gasteiger partial charge in [-0.1, -0.05) is 30.3 Å². The third kappa shape index (κ3) is 4.07. The number of aromatic amines is 2. The fourth-order valence-corrected chi connectivity index (χ4v) is 3.86. The third-order valence-corrected chi connectivity index (χ3v) is 5.55. The van der Waals surface area contributed by atoms with Gasteiger partial charge in [0.25, 0.3) is 11.8 Å². The fraction of sp³-hybridized carbons (Fsp3) is 0. The Balaban J connectivity index is 1.42. The molecule has 2 amide bonds. The van der Waals surface area contributed by atoms with E-state index in [0.717, 1.165) is 10.9 Å². The van der Waals surface area contributed by atoms with Crippen molar-refractivity contribution in [3.63, 3.8) is 0 Å². The van der Waals surface area contributed by atoms with Crippen LogP contribution in [0.5, 0.6) is 0 Å². The molecule has 0 unspecified atom stereocenters. The van der Waals surface area contributed by atoms with Crippen molar-refractivity contribution in [3.8, 4) is 6.07 Å². The molecule has 0 aliphatic carbocycles. The average Bonchev–Trinajstić information content (AvgIpc) is 3.49. The van der Waals surface area contributed by atoms with E-state index in [0.29, 0.717) is 22.3 Å². The molecule has 5 aromatic rings. The lowest BCUT2D eigenvalue weighted by Gasteiger charge is -2.08. The van der Waals surface area contributed by atoms with Gasteiger partial charge in [-0.15, -0.1) is 0 Å². The van der Waals surface area contributed by atoms with E-state index >= 15 is 0 Å². The second kappa shape index (κ2) is 8.53. The first-order valence-electron chi connectivity index (χ1n) is 10.5. The predicted molar refractivity (Wildman–Crippen MR) is 131 cm³/mol. The number of H-pyrrole nitrogens is 2. The fourth-order valence-electron chi connectivity index (χ4n) is 3.86. The number of carbonyl (C=O) groups excluding carboxylic acids is 2. The first-order chi connectivity index (χ1) is 16.9. The SMILES string of the molecule is N#Cc1ccc(NC(=O)c2cc3cccc(NC(=O)c4cc5ccccc5[nH]4)c3[nH]2)c(C(=O)O)c1. The summed E-state index contributed by atoms with van der Waals surface area (Å²) in [4.78, 5) is 43.4. The van der Waals surface area contributed by atoms with Crippen molar-refractivity contribution >= 4 is 51.0 Å². The van der Waals surface area contributed by atoms with Gasteiger partial charge in [0.1, 0.15) is 11.4 Å². The van der Waals surface area contributed by atoms with Gasteiger partial charge in [0.15, 0.2) is 0 Å². The van der Waals surface area contributed by atoms with E-state index in [-0.39, 0.29) is 28.4 Å². The summed E-state index contributed by atoms with van der Waals surface area (Å²) in [7, 11) is 0. The number of carboxylic acid groups (broad SMARTS) is 1. The molecule has 3 aromatic carbocycles. The van der Waals surface area contributed by atoms with Crippen molar-refractivity contribution in [3.05, 3.63) is 95.3 Å². The Labute approximate surface area is 198 Å². The van der Waals surface area contributed by atoms with E-state index in [9.17, 15) is 19.5 Å². The van der Waals surface area contributed by atoms with E-state index in [1.165, 1.54) is 18.2 Å². The summed E-state index contributed by atoms with van der Waals surface area (Å²) < 4.78 is 0. The maximum absolute atomic E-state index is 12.9. The number of anilines is 2. The Bertz CT molecular complexity index is 1660. The third-order valence-electron chi connectivity index (χ3n) is 5.55. The number of nitriles is 1. The van der Waals surface area contributed by atoms with Crippen molar-refractivity contribution in [1.29, 1.82) is 5.26 Å². The highest BCUT2D eigenvalue weighted by atomic mass is 16.4. The van der Waals surface area contributed by atoms with Crippen LogP contribution < -0.4 is 10.6 Å². The quantitative estimate of drug-likeness (QED) is 0.255. The summed E-state index contributed by atoms with van der Waals surface area (Å²) in [5.74, 6) is -2.17. The Morgan fingerprint density at radius 1 is 0.771 bits per heavy atom. The summed E-state index contributed by atoms with van der Waals surface area (Å²) in [5.41, 5.74) is 2.48. The maximum atomic E-state index is 12.9. The first-order valence-corrected chi connectivity index (χ1v) is 10.5. The molecule has 0 aliphatic rings. The second-order valence-corrected chi connectivity index (χ2v) is 7.81. The summed E-state index contributed by atoms with van der Waals surface area (Å²) in [6.07, 6.45) is 0. The van der Waals surface area contributed by atoms with Gasteiger partial charge in [-0.05, 0) is 42.5 Å². The molecule has 0 atom stereocenters. The summed E-state index contributed by atoms with van der Waals surface area (Å²) in [6, 6.07) is 22.0. The van der Waals surface area contributed by atoms with Gasteiger partial charge in [-0.25, -0.2) is 4.79 Å². The first kappa shape index (κ1) is 21.5. The number of para-hydroxylation sites is 2. The zero-order chi connectivity index (χ0) is 24.5. The number of aromatic carboxylic acids is 1. The monoisotopic (exact) mass is 463 g/mol. The maximum Gasteiger partial charge on any atom is 0.337 e. The number of amides is 2. The highest BCUT2D eigenvalue weighted by Gasteiger charge is 2.18. The molecule has 2 heterocycles. The van der Waals surface area contributed by atoms with Crippen LogP contribution in [0.15, 0.2) is 72.8 Å². The number of benzene rings is 3. The Morgan fingerprint density at radius 3 is 2.20 bits per heavy atom. The van der Waals surface area contributed by atoms with Crippen molar-refractivity contribution in [2.45, 2.75) is 0 Å². The van der Waals surface area contributed by atoms with Crippen LogP contribution in [0.2, 0.25) is 0 Å². The highest BCUT2D eigenvalue weighted by Crippen LogP contribution is 2.26. The molecule has 0 saturated carbocycles. The number of aromatic nitrogens is 2. The molecule has 5 rings (SSSR count). The largest absolute Gasteiger partial charge is 0.478 e. The molecule has 9 nitrogen and oxygen atoms in total. The summed E-state index contributed by atoms with van der Waals surface area (Å²) in [6.45, 7) is 0. The second-order valence-electron chi connectivity index (χ2n) is 7.81. The number of fused-ring (bicyclic) bond motifs is 2. The molecule has 5 N–H and O–H groups in total. The minimum absolute atomic E-state index is 0.0625. The zero-order valence-electron chi connectivity index (χ0n) is 18.0. The number of carbonyl (C=O) groups is 3. The molecule has 0 aliphatic heterocycles. The Hall–Kier alpha value is -5.36. The molecular formula is C26H17N5O4. The smallest absolute Gasteiger partial charge is 0.337 e. The van der Waals surface area contributed by atoms with Crippen molar-refractivity contribution < 1.29 is 19.5 Å². The highest BCUT2D eigenvalue weighted by molar-refractivity contribution is 6.12. The molecule has 0 radical (unpaired) electrons. The van der Waals surface area contributed by atoms with Crippen LogP contribution in [0.25, 0.3) is 21.8 Å². The van der Waals surface area contributed by atoms with Crippen LogP contribution in [0.1, 0.15) is 36.9 Å². The van der Waals surface area contributed by atoms with Crippen molar-refractivity contribution in [2.24, 2.45) is 0 Å². The summed E-state index contributed by atoms with van der Waals surface area (Å²) in [5, 5.41) is 25.5. The van der Waals surface area contributed by atoms with Gasteiger partial charge in [0, 0.05) is 16.3 Å². The van der Waals surface area contributed by atoms with Gasteiger partial charge in [0.05, 0.1) is 34.1 Å². The lowest BCUT2D eigenvalue weighted by molar-refractivity contribution is 0.0697. The predicted octanol–water partition coefficient (Wildman–Crippen LogP) is 4.72. The molecule has 0 fully saturated rings. The molecule has 9 heteroatoms. The molecule has 0 spiro atoms. The Kier molecular flexibility index (Phi) is 5.24. The van der Waals surface area contributed by atoms with Gasteiger partial charge in [0.2, 0.25) is 0 Å². The number of nitrogens with zero attached hydrogens (tertiary/aromatic N) is 1. The number of nitrogens with one attached hydrogen (secondary N) is 4. The van der Waals surface area contributed by atoms with E-state index < -0.39 is 11.9 Å². The lowest BCUT2D eigenvalue weighted by Crippen LogP contribution is -2.15. The number of hydrogen-bond donors (Lipinski definition) is 5. The number of hydrogen-bond acceptors (Lipinski definition) is 4. The minimum Gasteiger partial charge on any atom is -0.478 e. The van der Waals surface area contributed by atoms with Gasteiger partial charge in [-0.3, -0.25) is 9.59 Å². The minimum atomic E-state index is -1.27. The van der Waals surface area contributed by atoms with Crippen LogP contribution in [0.4, 0.5) is 11.4 Å². The van der Waals surface area contributed by atoms with Crippen LogP contribution in [-0.2, 0) is 0 Å². The van der Waals surface area contributed by atoms with Crippen LogP contribution >= 0.6 is 0 Å². The van der Waals surface area contributed by atoms with Crippen LogP contribution in [-0.4, -0.2) is 32.9 Å². The number of carboxylic acids is 1.